The lowest BCUT2D eigenvalue weighted by Crippen LogP contribution is -2.42. The summed E-state index contributed by atoms with van der Waals surface area (Å²) in [7, 11) is 4.04. The predicted molar refractivity (Wildman–Crippen MR) is 105 cm³/mol. The number of nitrogens with one attached hydrogen (secondary N) is 2. The van der Waals surface area contributed by atoms with E-state index in [1.807, 2.05) is 7.05 Å². The lowest BCUT2D eigenvalue weighted by molar-refractivity contribution is 0.220. The van der Waals surface area contributed by atoms with E-state index in [9.17, 15) is 0 Å². The van der Waals surface area contributed by atoms with Crippen molar-refractivity contribution in [2.75, 3.05) is 40.3 Å². The summed E-state index contributed by atoms with van der Waals surface area (Å²) >= 11 is 0. The molecule has 1 aromatic rings. The summed E-state index contributed by atoms with van der Waals surface area (Å²) in [5.74, 6) is 1.69. The Morgan fingerprint density at radius 3 is 2.50 bits per heavy atom. The van der Waals surface area contributed by atoms with Crippen LogP contribution in [0.2, 0.25) is 0 Å². The van der Waals surface area contributed by atoms with Gasteiger partial charge in [-0.1, -0.05) is 30.3 Å². The summed E-state index contributed by atoms with van der Waals surface area (Å²) in [6, 6.07) is 10.6. The van der Waals surface area contributed by atoms with Crippen molar-refractivity contribution in [3.05, 3.63) is 35.9 Å². The van der Waals surface area contributed by atoms with Gasteiger partial charge in [-0.3, -0.25) is 4.99 Å². The van der Waals surface area contributed by atoms with Crippen molar-refractivity contribution in [1.29, 1.82) is 0 Å². The lowest BCUT2D eigenvalue weighted by atomic mass is 9.97. The number of hydrogen-bond donors (Lipinski definition) is 2. The van der Waals surface area contributed by atoms with Crippen LogP contribution >= 0.6 is 24.0 Å². The molecule has 0 amide bonds. The number of guanidine groups is 1. The lowest BCUT2D eigenvalue weighted by Gasteiger charge is -2.29. The highest BCUT2D eigenvalue weighted by Gasteiger charge is 2.16. The number of nitrogens with zero attached hydrogens (tertiary/aromatic N) is 2. The van der Waals surface area contributed by atoms with E-state index in [2.05, 4.69) is 57.9 Å². The summed E-state index contributed by atoms with van der Waals surface area (Å²) in [6.45, 7) is 4.37. The average Bonchev–Trinajstić information content (AvgIpc) is 2.53. The molecule has 1 heterocycles. The second-order valence-corrected chi connectivity index (χ2v) is 5.86. The largest absolute Gasteiger partial charge is 0.356 e. The highest BCUT2D eigenvalue weighted by atomic mass is 127. The zero-order chi connectivity index (χ0) is 14.9. The van der Waals surface area contributed by atoms with Crippen molar-refractivity contribution in [1.82, 2.24) is 15.5 Å². The van der Waals surface area contributed by atoms with E-state index < -0.39 is 0 Å². The predicted octanol–water partition coefficient (Wildman–Crippen LogP) is 2.35. The van der Waals surface area contributed by atoms with Gasteiger partial charge in [0, 0.05) is 20.1 Å². The number of halogens is 1. The Balaban J connectivity index is 0.00000242. The molecule has 2 rings (SSSR count). The second kappa shape index (κ2) is 10.8. The highest BCUT2D eigenvalue weighted by Crippen LogP contribution is 2.14. The summed E-state index contributed by atoms with van der Waals surface area (Å²) in [5, 5.41) is 6.86. The van der Waals surface area contributed by atoms with Gasteiger partial charge in [-0.25, -0.2) is 0 Å². The second-order valence-electron chi connectivity index (χ2n) is 5.86. The third kappa shape index (κ3) is 6.96. The molecule has 1 saturated heterocycles. The molecule has 22 heavy (non-hydrogen) atoms. The van der Waals surface area contributed by atoms with Gasteiger partial charge in [0.05, 0.1) is 0 Å². The molecule has 124 valence electrons. The average molecular weight is 416 g/mol. The highest BCUT2D eigenvalue weighted by molar-refractivity contribution is 14.0. The molecule has 0 unspecified atom stereocenters. The molecule has 1 fully saturated rings. The van der Waals surface area contributed by atoms with Gasteiger partial charge in [0.25, 0.3) is 0 Å². The number of hydrogen-bond acceptors (Lipinski definition) is 2. The minimum atomic E-state index is 0. The number of benzene rings is 1. The molecule has 0 atom stereocenters. The molecule has 0 saturated carbocycles. The van der Waals surface area contributed by atoms with E-state index in [4.69, 9.17) is 0 Å². The first-order chi connectivity index (χ1) is 10.3. The van der Waals surface area contributed by atoms with Crippen molar-refractivity contribution in [3.63, 3.8) is 0 Å². The summed E-state index contributed by atoms with van der Waals surface area (Å²) in [4.78, 5) is 6.71. The van der Waals surface area contributed by atoms with Crippen LogP contribution in [0, 0.1) is 5.92 Å². The van der Waals surface area contributed by atoms with Gasteiger partial charge in [-0.15, -0.1) is 24.0 Å². The first-order valence-corrected chi connectivity index (χ1v) is 7.95. The van der Waals surface area contributed by atoms with E-state index in [0.717, 1.165) is 31.4 Å². The van der Waals surface area contributed by atoms with Crippen LogP contribution in [0.1, 0.15) is 18.4 Å². The Morgan fingerprint density at radius 1 is 1.18 bits per heavy atom. The zero-order valence-electron chi connectivity index (χ0n) is 13.7. The van der Waals surface area contributed by atoms with E-state index in [1.165, 1.54) is 31.5 Å². The Bertz CT molecular complexity index is 428. The zero-order valence-corrected chi connectivity index (χ0v) is 16.0. The first kappa shape index (κ1) is 19.2. The molecule has 0 aliphatic carbocycles. The molecule has 0 bridgehead atoms. The van der Waals surface area contributed by atoms with Crippen LogP contribution in [-0.4, -0.2) is 51.1 Å². The van der Waals surface area contributed by atoms with E-state index in [0.29, 0.717) is 0 Å². The molecule has 5 heteroatoms. The summed E-state index contributed by atoms with van der Waals surface area (Å²) in [5.41, 5.74) is 1.36. The smallest absolute Gasteiger partial charge is 0.190 e. The molecule has 2 N–H and O–H groups in total. The van der Waals surface area contributed by atoms with Crippen LogP contribution < -0.4 is 10.6 Å². The Hall–Kier alpha value is -0.820. The van der Waals surface area contributed by atoms with Gasteiger partial charge in [0.1, 0.15) is 0 Å². The molecular formula is C17H29IN4. The van der Waals surface area contributed by atoms with Crippen LogP contribution in [0.25, 0.3) is 0 Å². The van der Waals surface area contributed by atoms with Crippen LogP contribution in [0.15, 0.2) is 35.3 Å². The normalized spacial score (nSPS) is 16.9. The number of likely N-dealkylation sites (tertiary alicyclic amines) is 1. The first-order valence-electron chi connectivity index (χ1n) is 7.95. The molecule has 1 aliphatic heterocycles. The maximum atomic E-state index is 4.30. The van der Waals surface area contributed by atoms with E-state index in [-0.39, 0.29) is 24.0 Å². The van der Waals surface area contributed by atoms with Gasteiger partial charge in [0.2, 0.25) is 0 Å². The molecule has 1 aliphatic rings. The molecule has 0 spiro atoms. The Labute approximate surface area is 151 Å². The standard InChI is InChI=1S/C17H28N4.HI/c1-18-17(19-11-8-15-6-4-3-5-7-15)20-14-16-9-12-21(2)13-10-16;/h3-7,16H,8-14H2,1-2H3,(H2,18,19,20);1H. The van der Waals surface area contributed by atoms with Gasteiger partial charge in [0.15, 0.2) is 5.96 Å². The topological polar surface area (TPSA) is 39.7 Å². The SMILES string of the molecule is CN=C(NCCc1ccccc1)NCC1CCN(C)CC1.I. The third-order valence-corrected chi connectivity index (χ3v) is 4.17. The molecule has 0 aromatic heterocycles. The van der Waals surface area contributed by atoms with Gasteiger partial charge >= 0.3 is 0 Å². The van der Waals surface area contributed by atoms with Crippen molar-refractivity contribution in [3.8, 4) is 0 Å². The molecule has 1 aromatic carbocycles. The van der Waals surface area contributed by atoms with Crippen LogP contribution in [0.4, 0.5) is 0 Å². The van der Waals surface area contributed by atoms with Crippen molar-refractivity contribution in [2.24, 2.45) is 10.9 Å². The fourth-order valence-corrected chi connectivity index (χ4v) is 2.70. The van der Waals surface area contributed by atoms with E-state index in [1.54, 1.807) is 0 Å². The fourth-order valence-electron chi connectivity index (χ4n) is 2.70. The number of aliphatic imine (C=N–C) groups is 1. The third-order valence-electron chi connectivity index (χ3n) is 4.17. The number of piperidine rings is 1. The fraction of sp³-hybridized carbons (Fsp3) is 0.588. The maximum Gasteiger partial charge on any atom is 0.190 e. The maximum absolute atomic E-state index is 4.30. The van der Waals surface area contributed by atoms with Crippen LogP contribution in [-0.2, 0) is 6.42 Å². The van der Waals surface area contributed by atoms with Crippen molar-refractivity contribution >= 4 is 29.9 Å². The quantitative estimate of drug-likeness (QED) is 0.440. The van der Waals surface area contributed by atoms with Crippen molar-refractivity contribution in [2.45, 2.75) is 19.3 Å². The van der Waals surface area contributed by atoms with Gasteiger partial charge in [-0.05, 0) is 50.9 Å². The minimum Gasteiger partial charge on any atom is -0.356 e. The van der Waals surface area contributed by atoms with E-state index >= 15 is 0 Å². The van der Waals surface area contributed by atoms with Crippen LogP contribution in [0.5, 0.6) is 0 Å². The number of rotatable bonds is 5. The van der Waals surface area contributed by atoms with Crippen molar-refractivity contribution < 1.29 is 0 Å². The van der Waals surface area contributed by atoms with Gasteiger partial charge in [-0.2, -0.15) is 0 Å². The Morgan fingerprint density at radius 2 is 1.86 bits per heavy atom. The van der Waals surface area contributed by atoms with Gasteiger partial charge < -0.3 is 15.5 Å². The summed E-state index contributed by atoms with van der Waals surface area (Å²) < 4.78 is 0. The molecular weight excluding hydrogens is 387 g/mol. The minimum absolute atomic E-state index is 0. The van der Waals surface area contributed by atoms with Crippen LogP contribution in [0.3, 0.4) is 0 Å². The molecule has 4 nitrogen and oxygen atoms in total. The monoisotopic (exact) mass is 416 g/mol. The summed E-state index contributed by atoms with van der Waals surface area (Å²) in [6.07, 6.45) is 3.59. The Kier molecular flexibility index (Phi) is 9.47. The molecule has 0 radical (unpaired) electrons.